The largest absolute Gasteiger partial charge is 2.00 e. The molecule has 0 aliphatic carbocycles. The second-order valence-electron chi connectivity index (χ2n) is 14.0. The van der Waals surface area contributed by atoms with Gasteiger partial charge in [-0.1, -0.05) is 175 Å². The number of unbranched alkanes of at least 4 members (excludes halogenated alkanes) is 23. The van der Waals surface area contributed by atoms with Crippen molar-refractivity contribution in [2.45, 2.75) is 239 Å². The van der Waals surface area contributed by atoms with Gasteiger partial charge in [0.15, 0.2) is 5.41 Å². The third-order valence-electron chi connectivity index (χ3n) is 9.10. The van der Waals surface area contributed by atoms with Crippen LogP contribution in [0.1, 0.15) is 228 Å². The number of rotatable bonds is 36. The predicted octanol–water partition coefficient (Wildman–Crippen LogP) is 8.95. The van der Waals surface area contributed by atoms with Gasteiger partial charge in [-0.25, -0.2) is 0 Å². The van der Waals surface area contributed by atoms with Crippen LogP contribution in [-0.2, 0) is 23.8 Å². The second kappa shape index (κ2) is 47.8. The van der Waals surface area contributed by atoms with Crippen molar-refractivity contribution < 1.29 is 34.0 Å². The zero-order chi connectivity index (χ0) is 38.0. The minimum Gasteiger partial charge on any atom is -0.550 e. The Labute approximate surface area is 336 Å². The van der Waals surface area contributed by atoms with Crippen molar-refractivity contribution in [2.24, 2.45) is 0 Å². The minimum atomic E-state index is -0.907. The SMILES string of the molecule is CCCCCCC(OCC)C([SiH3])(OCC)OCC.CCCCCCCCCCCCCC(=O)[O-].CCCCCCCCCCCCCC(=O)[O-].[Mg+2]. The normalized spacial score (nSPS) is 11.6. The Bertz CT molecular complexity index is 642. The van der Waals surface area contributed by atoms with E-state index in [-0.39, 0.29) is 42.0 Å². The third kappa shape index (κ3) is 47.8. The van der Waals surface area contributed by atoms with Gasteiger partial charge in [-0.3, -0.25) is 0 Å². The van der Waals surface area contributed by atoms with E-state index >= 15 is 0 Å². The Morgan fingerprint density at radius 1 is 0.471 bits per heavy atom. The molecule has 0 saturated carbocycles. The first-order valence-electron chi connectivity index (χ1n) is 21.5. The predicted molar refractivity (Wildman–Crippen MR) is 218 cm³/mol. The Hall–Kier alpha value is -0.197. The fourth-order valence-electron chi connectivity index (χ4n) is 6.12. The molecule has 0 saturated heterocycles. The van der Waals surface area contributed by atoms with Gasteiger partial charge in [0.2, 0.25) is 0 Å². The summed E-state index contributed by atoms with van der Waals surface area (Å²) in [5.74, 6) is -1.81. The number of carbonyl (C=O) groups excluding carboxylic acids is 2. The number of aliphatic carboxylic acids is 2. The van der Waals surface area contributed by atoms with E-state index in [0.29, 0.717) is 13.2 Å². The van der Waals surface area contributed by atoms with Gasteiger partial charge in [0.25, 0.3) is 0 Å². The molecule has 0 bridgehead atoms. The van der Waals surface area contributed by atoms with E-state index in [4.69, 9.17) is 14.2 Å². The molecule has 0 N–H and O–H groups in total. The molecule has 1 unspecified atom stereocenters. The summed E-state index contributed by atoms with van der Waals surface area (Å²) in [4.78, 5) is 20.3. The first-order chi connectivity index (χ1) is 24.2. The smallest absolute Gasteiger partial charge is 0.550 e. The van der Waals surface area contributed by atoms with E-state index in [1.807, 2.05) is 20.8 Å². The van der Waals surface area contributed by atoms with Crippen molar-refractivity contribution in [3.8, 4) is 0 Å². The summed E-state index contributed by atoms with van der Waals surface area (Å²) in [5, 5.41) is 20.3. The molecule has 0 aromatic rings. The zero-order valence-corrected chi connectivity index (χ0v) is 38.7. The number of carboxylic acids is 2. The van der Waals surface area contributed by atoms with Gasteiger partial charge >= 0.3 is 23.1 Å². The number of carbonyl (C=O) groups is 2. The van der Waals surface area contributed by atoms with Crippen LogP contribution < -0.4 is 10.2 Å². The summed E-state index contributed by atoms with van der Waals surface area (Å²) in [6.07, 6.45) is 34.2. The van der Waals surface area contributed by atoms with Crippen LogP contribution in [0.2, 0.25) is 0 Å². The average Bonchev–Trinajstić information content (AvgIpc) is 3.08. The van der Waals surface area contributed by atoms with Crippen LogP contribution in [0.15, 0.2) is 0 Å². The van der Waals surface area contributed by atoms with Crippen LogP contribution in [0.5, 0.6) is 0 Å². The molecule has 0 rings (SSSR count). The fraction of sp³-hybridized carbons (Fsp3) is 0.952. The fourth-order valence-corrected chi connectivity index (χ4v) is 7.16. The van der Waals surface area contributed by atoms with E-state index in [1.54, 1.807) is 0 Å². The topological polar surface area (TPSA) is 108 Å². The van der Waals surface area contributed by atoms with Crippen molar-refractivity contribution in [1.29, 1.82) is 0 Å². The van der Waals surface area contributed by atoms with Crippen LogP contribution in [0.3, 0.4) is 0 Å². The summed E-state index contributed by atoms with van der Waals surface area (Å²) < 4.78 is 17.6. The van der Waals surface area contributed by atoms with E-state index in [2.05, 4.69) is 20.8 Å². The minimum absolute atomic E-state index is 0. The summed E-state index contributed by atoms with van der Waals surface area (Å²) in [7, 11) is 0.835. The molecule has 302 valence electrons. The third-order valence-corrected chi connectivity index (χ3v) is 10.3. The van der Waals surface area contributed by atoms with E-state index in [1.165, 1.54) is 141 Å². The first kappa shape index (κ1) is 57.5. The van der Waals surface area contributed by atoms with Crippen LogP contribution in [0.25, 0.3) is 0 Å². The molecule has 0 aromatic heterocycles. The van der Waals surface area contributed by atoms with E-state index in [0.717, 1.165) is 49.0 Å². The van der Waals surface area contributed by atoms with Gasteiger partial charge in [0.05, 0.1) is 10.2 Å². The van der Waals surface area contributed by atoms with Crippen molar-refractivity contribution >= 4 is 45.2 Å². The van der Waals surface area contributed by atoms with Crippen LogP contribution in [0.4, 0.5) is 0 Å². The molecule has 0 radical (unpaired) electrons. The monoisotopic (exact) mass is 755 g/mol. The Morgan fingerprint density at radius 2 is 0.745 bits per heavy atom. The van der Waals surface area contributed by atoms with Gasteiger partial charge in [-0.05, 0) is 52.9 Å². The van der Waals surface area contributed by atoms with Crippen molar-refractivity contribution in [1.82, 2.24) is 0 Å². The van der Waals surface area contributed by atoms with Crippen LogP contribution >= 0.6 is 0 Å². The maximum Gasteiger partial charge on any atom is 2.00 e. The summed E-state index contributed by atoms with van der Waals surface area (Å²) in [5.41, 5.74) is -0.467. The molecule has 0 spiro atoms. The number of hydrogen-bond donors (Lipinski definition) is 0. The van der Waals surface area contributed by atoms with Gasteiger partial charge in [-0.2, -0.15) is 0 Å². The molecule has 1 atom stereocenters. The molecule has 9 heteroatoms. The van der Waals surface area contributed by atoms with Crippen molar-refractivity contribution in [2.75, 3.05) is 19.8 Å². The standard InChI is InChI=1S/C14H32O3Si.2C14H28O2.Mg/c1-5-9-10-11-12-13(15-6-2)14(18,16-7-3)17-8-4;2*1-2-3-4-5-6-7-8-9-10-11-12-13-14(15)16;/h13H,5-12H2,1-4,18H3;2*2-13H2,1H3,(H,15,16);/q;;;+2/p-2. The molecular weight excluding hydrogens is 669 g/mol. The van der Waals surface area contributed by atoms with Gasteiger partial charge in [0.1, 0.15) is 6.10 Å². The summed E-state index contributed by atoms with van der Waals surface area (Å²) in [6, 6.07) is 0. The number of hydrogen-bond acceptors (Lipinski definition) is 7. The maximum absolute atomic E-state index is 10.1. The summed E-state index contributed by atoms with van der Waals surface area (Å²) >= 11 is 0. The molecule has 0 aromatic carbocycles. The molecule has 51 heavy (non-hydrogen) atoms. The molecule has 0 fully saturated rings. The van der Waals surface area contributed by atoms with E-state index in [9.17, 15) is 19.8 Å². The molecular formula is C42H86MgO7Si. The van der Waals surface area contributed by atoms with Crippen molar-refractivity contribution in [3.05, 3.63) is 0 Å². The Kier molecular flexibility index (Phi) is 53.9. The Balaban J connectivity index is -0.000000322. The zero-order valence-electron chi connectivity index (χ0n) is 35.3. The second-order valence-corrected chi connectivity index (χ2v) is 15.4. The quantitative estimate of drug-likeness (QED) is 0.0357. The van der Waals surface area contributed by atoms with Crippen LogP contribution in [0, 0.1) is 0 Å². The van der Waals surface area contributed by atoms with Crippen molar-refractivity contribution in [3.63, 3.8) is 0 Å². The van der Waals surface area contributed by atoms with Gasteiger partial charge in [0, 0.05) is 31.8 Å². The molecule has 0 aliphatic rings. The molecule has 0 amide bonds. The van der Waals surface area contributed by atoms with Gasteiger partial charge in [-0.15, -0.1) is 0 Å². The molecule has 0 heterocycles. The Morgan fingerprint density at radius 3 is 1.00 bits per heavy atom. The first-order valence-corrected chi connectivity index (χ1v) is 22.5. The molecule has 0 aliphatic heterocycles. The van der Waals surface area contributed by atoms with E-state index < -0.39 is 17.3 Å². The average molecular weight is 756 g/mol. The number of ether oxygens (including phenoxy) is 3. The van der Waals surface area contributed by atoms with Gasteiger partial charge < -0.3 is 34.0 Å². The van der Waals surface area contributed by atoms with Crippen LogP contribution in [-0.4, -0.2) is 76.6 Å². The number of carboxylic acid groups (broad SMARTS) is 2. The summed E-state index contributed by atoms with van der Waals surface area (Å²) in [6.45, 7) is 14.9. The maximum atomic E-state index is 10.1. The molecule has 7 nitrogen and oxygen atoms in total.